The lowest BCUT2D eigenvalue weighted by Crippen LogP contribution is -2.25. The number of anilines is 1. The first-order valence-corrected chi connectivity index (χ1v) is 6.86. The Morgan fingerprint density at radius 3 is 2.61 bits per heavy atom. The summed E-state index contributed by atoms with van der Waals surface area (Å²) < 4.78 is 5.41. The average Bonchev–Trinajstić information content (AvgIpc) is 3.12. The summed E-state index contributed by atoms with van der Waals surface area (Å²) >= 11 is 12.0. The summed E-state index contributed by atoms with van der Waals surface area (Å²) in [5.74, 6) is 0.711. The standard InChI is InChI=1S/C13H17Cl2NO2/c14-11-2-1-3-12(15)13(11)16-6-10(17)8-18-7-9-4-5-9/h1-3,9-10,16-17H,4-8H2. The molecule has 2 rings (SSSR count). The van der Waals surface area contributed by atoms with Crippen LogP contribution in [0.4, 0.5) is 5.69 Å². The van der Waals surface area contributed by atoms with E-state index >= 15 is 0 Å². The minimum Gasteiger partial charge on any atom is -0.389 e. The van der Waals surface area contributed by atoms with Gasteiger partial charge in [-0.2, -0.15) is 0 Å². The number of ether oxygens (including phenoxy) is 1. The molecule has 1 unspecified atom stereocenters. The van der Waals surface area contributed by atoms with Gasteiger partial charge in [0.25, 0.3) is 0 Å². The maximum Gasteiger partial charge on any atom is 0.0945 e. The Balaban J connectivity index is 1.72. The molecular weight excluding hydrogens is 273 g/mol. The van der Waals surface area contributed by atoms with Crippen molar-refractivity contribution in [3.8, 4) is 0 Å². The van der Waals surface area contributed by atoms with Crippen LogP contribution in [-0.2, 0) is 4.74 Å². The molecule has 1 saturated carbocycles. The minimum absolute atomic E-state index is 0.339. The fraction of sp³-hybridized carbons (Fsp3) is 0.538. The Bertz CT molecular complexity index is 376. The summed E-state index contributed by atoms with van der Waals surface area (Å²) in [5.41, 5.74) is 0.655. The van der Waals surface area contributed by atoms with Crippen molar-refractivity contribution in [1.29, 1.82) is 0 Å². The highest BCUT2D eigenvalue weighted by molar-refractivity contribution is 6.39. The lowest BCUT2D eigenvalue weighted by atomic mass is 10.3. The summed E-state index contributed by atoms with van der Waals surface area (Å²) in [5, 5.41) is 13.9. The molecule has 1 aromatic rings. The zero-order valence-corrected chi connectivity index (χ0v) is 11.5. The summed E-state index contributed by atoms with van der Waals surface area (Å²) in [7, 11) is 0. The Morgan fingerprint density at radius 2 is 2.00 bits per heavy atom. The molecule has 18 heavy (non-hydrogen) atoms. The van der Waals surface area contributed by atoms with Crippen LogP contribution in [0.1, 0.15) is 12.8 Å². The van der Waals surface area contributed by atoms with Crippen molar-refractivity contribution in [2.24, 2.45) is 5.92 Å². The van der Waals surface area contributed by atoms with E-state index in [0.29, 0.717) is 34.8 Å². The summed E-state index contributed by atoms with van der Waals surface area (Å²) in [6.45, 7) is 1.46. The first-order chi connectivity index (χ1) is 8.66. The normalized spacial score (nSPS) is 16.6. The van der Waals surface area contributed by atoms with Gasteiger partial charge in [-0.1, -0.05) is 29.3 Å². The Morgan fingerprint density at radius 1 is 1.33 bits per heavy atom. The van der Waals surface area contributed by atoms with Crippen LogP contribution >= 0.6 is 23.2 Å². The lowest BCUT2D eigenvalue weighted by molar-refractivity contribution is 0.0386. The molecule has 0 saturated heterocycles. The van der Waals surface area contributed by atoms with E-state index in [1.165, 1.54) is 12.8 Å². The van der Waals surface area contributed by atoms with Gasteiger partial charge in [-0.3, -0.25) is 0 Å². The third kappa shape index (κ3) is 4.32. The van der Waals surface area contributed by atoms with E-state index < -0.39 is 6.10 Å². The molecule has 0 aliphatic heterocycles. The number of nitrogens with one attached hydrogen (secondary N) is 1. The van der Waals surface area contributed by atoms with Gasteiger partial charge in [0.15, 0.2) is 0 Å². The van der Waals surface area contributed by atoms with E-state index in [1.807, 2.05) is 0 Å². The third-order valence-electron chi connectivity index (χ3n) is 2.84. The summed E-state index contributed by atoms with van der Waals surface area (Å²) in [6, 6.07) is 5.29. The minimum atomic E-state index is -0.559. The van der Waals surface area contributed by atoms with Gasteiger partial charge in [0.2, 0.25) is 0 Å². The van der Waals surface area contributed by atoms with Crippen LogP contribution in [0, 0.1) is 5.92 Å². The van der Waals surface area contributed by atoms with E-state index in [-0.39, 0.29) is 0 Å². The number of benzene rings is 1. The van der Waals surface area contributed by atoms with Crippen molar-refractivity contribution in [1.82, 2.24) is 0 Å². The van der Waals surface area contributed by atoms with Gasteiger partial charge in [-0.25, -0.2) is 0 Å². The molecule has 0 aromatic heterocycles. The molecule has 0 amide bonds. The van der Waals surface area contributed by atoms with E-state index in [0.717, 1.165) is 6.61 Å². The van der Waals surface area contributed by atoms with Crippen molar-refractivity contribution in [3.63, 3.8) is 0 Å². The van der Waals surface area contributed by atoms with Crippen LogP contribution in [0.5, 0.6) is 0 Å². The number of aliphatic hydroxyl groups is 1. The van der Waals surface area contributed by atoms with Crippen LogP contribution in [0.15, 0.2) is 18.2 Å². The highest BCUT2D eigenvalue weighted by Crippen LogP contribution is 2.30. The quantitative estimate of drug-likeness (QED) is 0.810. The predicted molar refractivity (Wildman–Crippen MR) is 74.5 cm³/mol. The largest absolute Gasteiger partial charge is 0.389 e. The van der Waals surface area contributed by atoms with Gasteiger partial charge in [0.05, 0.1) is 28.4 Å². The maximum absolute atomic E-state index is 9.75. The Labute approximate surface area is 117 Å². The van der Waals surface area contributed by atoms with Gasteiger partial charge in [-0.15, -0.1) is 0 Å². The number of rotatable bonds is 7. The fourth-order valence-corrected chi connectivity index (χ4v) is 2.13. The topological polar surface area (TPSA) is 41.5 Å². The SMILES string of the molecule is OC(CNc1c(Cl)cccc1Cl)COCC1CC1. The Kier molecular flexibility index (Phi) is 5.13. The first-order valence-electron chi connectivity index (χ1n) is 6.10. The number of halogens is 2. The highest BCUT2D eigenvalue weighted by Gasteiger charge is 2.21. The highest BCUT2D eigenvalue weighted by atomic mass is 35.5. The second-order valence-corrected chi connectivity index (χ2v) is 5.43. The molecule has 1 aliphatic rings. The van der Waals surface area contributed by atoms with Crippen molar-refractivity contribution in [2.75, 3.05) is 25.1 Å². The smallest absolute Gasteiger partial charge is 0.0945 e. The molecule has 1 atom stereocenters. The third-order valence-corrected chi connectivity index (χ3v) is 3.47. The van der Waals surface area contributed by atoms with E-state index in [2.05, 4.69) is 5.32 Å². The monoisotopic (exact) mass is 289 g/mol. The second-order valence-electron chi connectivity index (χ2n) is 4.61. The fourth-order valence-electron chi connectivity index (χ4n) is 1.60. The first kappa shape index (κ1) is 13.9. The van der Waals surface area contributed by atoms with Crippen molar-refractivity contribution < 1.29 is 9.84 Å². The van der Waals surface area contributed by atoms with Crippen LogP contribution in [0.2, 0.25) is 10.0 Å². The molecule has 1 aliphatic carbocycles. The molecule has 5 heteroatoms. The molecule has 0 radical (unpaired) electrons. The summed E-state index contributed by atoms with van der Waals surface area (Å²) in [6.07, 6.45) is 1.95. The average molecular weight is 290 g/mol. The molecule has 0 spiro atoms. The van der Waals surface area contributed by atoms with Gasteiger partial charge in [-0.05, 0) is 30.9 Å². The van der Waals surface area contributed by atoms with E-state index in [9.17, 15) is 5.11 Å². The van der Waals surface area contributed by atoms with Crippen molar-refractivity contribution in [3.05, 3.63) is 28.2 Å². The van der Waals surface area contributed by atoms with Crippen LogP contribution < -0.4 is 5.32 Å². The second kappa shape index (κ2) is 6.62. The zero-order valence-electron chi connectivity index (χ0n) is 10.0. The van der Waals surface area contributed by atoms with Crippen molar-refractivity contribution >= 4 is 28.9 Å². The van der Waals surface area contributed by atoms with Crippen LogP contribution in [0.25, 0.3) is 0 Å². The number of hydrogen-bond donors (Lipinski definition) is 2. The van der Waals surface area contributed by atoms with Crippen LogP contribution in [-0.4, -0.2) is 31.0 Å². The Hall–Kier alpha value is -0.480. The van der Waals surface area contributed by atoms with Gasteiger partial charge >= 0.3 is 0 Å². The van der Waals surface area contributed by atoms with Crippen molar-refractivity contribution in [2.45, 2.75) is 18.9 Å². The molecule has 3 nitrogen and oxygen atoms in total. The van der Waals surface area contributed by atoms with Crippen LogP contribution in [0.3, 0.4) is 0 Å². The molecule has 1 fully saturated rings. The molecule has 100 valence electrons. The summed E-state index contributed by atoms with van der Waals surface area (Å²) in [4.78, 5) is 0. The zero-order chi connectivity index (χ0) is 13.0. The molecular formula is C13H17Cl2NO2. The van der Waals surface area contributed by atoms with E-state index in [4.69, 9.17) is 27.9 Å². The maximum atomic E-state index is 9.75. The number of aliphatic hydroxyl groups excluding tert-OH is 1. The molecule has 0 heterocycles. The van der Waals surface area contributed by atoms with Gasteiger partial charge < -0.3 is 15.2 Å². The van der Waals surface area contributed by atoms with Gasteiger partial charge in [0.1, 0.15) is 0 Å². The predicted octanol–water partition coefficient (Wildman–Crippen LogP) is 3.19. The number of hydrogen-bond acceptors (Lipinski definition) is 3. The van der Waals surface area contributed by atoms with E-state index in [1.54, 1.807) is 18.2 Å². The molecule has 1 aromatic carbocycles. The van der Waals surface area contributed by atoms with Gasteiger partial charge in [0, 0.05) is 13.2 Å². The molecule has 2 N–H and O–H groups in total. The lowest BCUT2D eigenvalue weighted by Gasteiger charge is -2.15. The molecule has 0 bridgehead atoms. The number of para-hydroxylation sites is 1.